The second-order valence-corrected chi connectivity index (χ2v) is 4.54. The van der Waals surface area contributed by atoms with Crippen molar-refractivity contribution in [1.82, 2.24) is 4.57 Å². The fraction of sp³-hybridized carbons (Fsp3) is 0.214. The van der Waals surface area contributed by atoms with Gasteiger partial charge in [0.25, 0.3) is 5.56 Å². The maximum atomic E-state index is 12.0. The van der Waals surface area contributed by atoms with Gasteiger partial charge in [-0.3, -0.25) is 4.79 Å². The summed E-state index contributed by atoms with van der Waals surface area (Å²) in [6.07, 6.45) is -3.13. The normalized spacial score (nSPS) is 11.4. The number of hydrogen-bond acceptors (Lipinski definition) is 3. The van der Waals surface area contributed by atoms with Crippen molar-refractivity contribution in [2.45, 2.75) is 19.8 Å². The van der Waals surface area contributed by atoms with Gasteiger partial charge in [-0.1, -0.05) is 12.1 Å². The van der Waals surface area contributed by atoms with E-state index in [1.165, 1.54) is 28.8 Å². The Kier molecular flexibility index (Phi) is 3.93. The first-order valence-electron chi connectivity index (χ1n) is 6.06. The molecule has 1 aromatic carbocycles. The molecule has 7 heteroatoms. The molecule has 2 aromatic rings. The molecule has 0 fully saturated rings. The van der Waals surface area contributed by atoms with Crippen LogP contribution in [0.2, 0.25) is 0 Å². The largest absolute Gasteiger partial charge is 0.573 e. The van der Waals surface area contributed by atoms with E-state index in [-0.39, 0.29) is 23.5 Å². The predicted octanol–water partition coefficient (Wildman–Crippen LogP) is 2.69. The number of benzene rings is 1. The summed E-state index contributed by atoms with van der Waals surface area (Å²) < 4.78 is 41.3. The molecular formula is C14H13F3N2O2. The lowest BCUT2D eigenvalue weighted by molar-refractivity contribution is -0.274. The van der Waals surface area contributed by atoms with E-state index >= 15 is 0 Å². The molecule has 0 aliphatic heterocycles. The summed E-state index contributed by atoms with van der Waals surface area (Å²) in [7, 11) is 0. The van der Waals surface area contributed by atoms with E-state index in [1.807, 2.05) is 0 Å². The molecule has 4 nitrogen and oxygen atoms in total. The van der Waals surface area contributed by atoms with Crippen LogP contribution in [0.1, 0.15) is 11.1 Å². The number of nitrogen functional groups attached to an aromatic ring is 1. The van der Waals surface area contributed by atoms with Gasteiger partial charge in [-0.2, -0.15) is 0 Å². The zero-order valence-corrected chi connectivity index (χ0v) is 11.1. The number of alkyl halides is 3. The minimum Gasteiger partial charge on any atom is -0.406 e. The number of halogens is 3. The van der Waals surface area contributed by atoms with Gasteiger partial charge >= 0.3 is 6.36 Å². The summed E-state index contributed by atoms with van der Waals surface area (Å²) in [5.74, 6) is -0.304. The van der Waals surface area contributed by atoms with Gasteiger partial charge < -0.3 is 15.0 Å². The summed E-state index contributed by atoms with van der Waals surface area (Å²) in [5.41, 5.74) is 6.83. The molecule has 1 aromatic heterocycles. The van der Waals surface area contributed by atoms with Crippen LogP contribution >= 0.6 is 0 Å². The van der Waals surface area contributed by atoms with Crippen LogP contribution < -0.4 is 16.0 Å². The van der Waals surface area contributed by atoms with Crippen LogP contribution in [-0.4, -0.2) is 10.9 Å². The van der Waals surface area contributed by atoms with E-state index < -0.39 is 6.36 Å². The number of anilines is 1. The van der Waals surface area contributed by atoms with Crippen LogP contribution in [0.15, 0.2) is 41.3 Å². The number of ether oxygens (including phenoxy) is 1. The third-order valence-electron chi connectivity index (χ3n) is 2.93. The SMILES string of the molecule is Cc1ccn(Cc2ccc(OC(F)(F)F)cc2)c(=O)c1N. The third-order valence-corrected chi connectivity index (χ3v) is 2.93. The van der Waals surface area contributed by atoms with Crippen LogP contribution in [-0.2, 0) is 6.54 Å². The van der Waals surface area contributed by atoms with Gasteiger partial charge in [0.2, 0.25) is 0 Å². The zero-order valence-electron chi connectivity index (χ0n) is 11.1. The quantitative estimate of drug-likeness (QED) is 0.948. The number of aromatic nitrogens is 1. The van der Waals surface area contributed by atoms with Crippen LogP contribution in [0.5, 0.6) is 5.75 Å². The maximum Gasteiger partial charge on any atom is 0.573 e. The molecule has 0 spiro atoms. The van der Waals surface area contributed by atoms with E-state index in [0.717, 1.165) is 0 Å². The van der Waals surface area contributed by atoms with Crippen LogP contribution in [0, 0.1) is 6.92 Å². The van der Waals surface area contributed by atoms with Crippen molar-refractivity contribution >= 4 is 5.69 Å². The van der Waals surface area contributed by atoms with E-state index in [4.69, 9.17) is 5.73 Å². The molecule has 2 N–H and O–H groups in total. The number of pyridine rings is 1. The van der Waals surface area contributed by atoms with Crippen molar-refractivity contribution in [3.05, 3.63) is 58.0 Å². The Morgan fingerprint density at radius 1 is 1.19 bits per heavy atom. The smallest absolute Gasteiger partial charge is 0.406 e. The fourth-order valence-corrected chi connectivity index (χ4v) is 1.80. The monoisotopic (exact) mass is 298 g/mol. The van der Waals surface area contributed by atoms with Crippen molar-refractivity contribution in [2.24, 2.45) is 0 Å². The lowest BCUT2D eigenvalue weighted by Crippen LogP contribution is -2.23. The molecule has 0 radical (unpaired) electrons. The lowest BCUT2D eigenvalue weighted by Gasteiger charge is -2.11. The fourth-order valence-electron chi connectivity index (χ4n) is 1.80. The number of nitrogens with zero attached hydrogens (tertiary/aromatic N) is 1. The van der Waals surface area contributed by atoms with Crippen molar-refractivity contribution < 1.29 is 17.9 Å². The Balaban J connectivity index is 2.18. The van der Waals surface area contributed by atoms with Crippen molar-refractivity contribution in [3.8, 4) is 5.75 Å². The second kappa shape index (κ2) is 5.51. The van der Waals surface area contributed by atoms with Gasteiger partial charge in [0.1, 0.15) is 11.4 Å². The minimum absolute atomic E-state index is 0.162. The van der Waals surface area contributed by atoms with Crippen molar-refractivity contribution in [2.75, 3.05) is 5.73 Å². The van der Waals surface area contributed by atoms with Gasteiger partial charge in [0.05, 0.1) is 6.54 Å². The highest BCUT2D eigenvalue weighted by Gasteiger charge is 2.30. The predicted molar refractivity (Wildman–Crippen MR) is 72.1 cm³/mol. The van der Waals surface area contributed by atoms with Crippen LogP contribution in [0.4, 0.5) is 18.9 Å². The molecule has 0 unspecified atom stereocenters. The number of aryl methyl sites for hydroxylation is 1. The van der Waals surface area contributed by atoms with Gasteiger partial charge in [0.15, 0.2) is 0 Å². The average molecular weight is 298 g/mol. The minimum atomic E-state index is -4.72. The zero-order chi connectivity index (χ0) is 15.6. The van der Waals surface area contributed by atoms with Crippen molar-refractivity contribution in [1.29, 1.82) is 0 Å². The van der Waals surface area contributed by atoms with Crippen LogP contribution in [0.3, 0.4) is 0 Å². The molecule has 0 saturated heterocycles. The van der Waals surface area contributed by atoms with Crippen LogP contribution in [0.25, 0.3) is 0 Å². The molecule has 0 saturated carbocycles. The summed E-state index contributed by atoms with van der Waals surface area (Å²) in [4.78, 5) is 11.9. The first kappa shape index (κ1) is 15.0. The first-order valence-corrected chi connectivity index (χ1v) is 6.06. The molecule has 0 bridgehead atoms. The molecular weight excluding hydrogens is 285 g/mol. The molecule has 0 aliphatic carbocycles. The van der Waals surface area contributed by atoms with E-state index in [1.54, 1.807) is 19.2 Å². The van der Waals surface area contributed by atoms with E-state index in [9.17, 15) is 18.0 Å². The number of rotatable bonds is 3. The first-order chi connectivity index (χ1) is 9.76. The van der Waals surface area contributed by atoms with E-state index in [2.05, 4.69) is 4.74 Å². The Morgan fingerprint density at radius 2 is 1.81 bits per heavy atom. The van der Waals surface area contributed by atoms with Gasteiger partial charge in [-0.05, 0) is 36.2 Å². The molecule has 0 amide bonds. The molecule has 112 valence electrons. The Labute approximate surface area is 118 Å². The third kappa shape index (κ3) is 3.77. The molecule has 0 atom stereocenters. The summed E-state index contributed by atoms with van der Waals surface area (Å²) in [6, 6.07) is 7.03. The molecule has 21 heavy (non-hydrogen) atoms. The highest BCUT2D eigenvalue weighted by Crippen LogP contribution is 2.22. The average Bonchev–Trinajstić information content (AvgIpc) is 2.40. The molecule has 0 aliphatic rings. The summed E-state index contributed by atoms with van der Waals surface area (Å²) in [5, 5.41) is 0. The maximum absolute atomic E-state index is 12.0. The van der Waals surface area contributed by atoms with Gasteiger partial charge in [0, 0.05) is 6.20 Å². The Morgan fingerprint density at radius 3 is 2.38 bits per heavy atom. The molecule has 1 heterocycles. The highest BCUT2D eigenvalue weighted by atomic mass is 19.4. The van der Waals surface area contributed by atoms with Crippen molar-refractivity contribution in [3.63, 3.8) is 0 Å². The van der Waals surface area contributed by atoms with Gasteiger partial charge in [-0.15, -0.1) is 13.2 Å². The number of hydrogen-bond donors (Lipinski definition) is 1. The Bertz CT molecular complexity index is 691. The molecule has 2 rings (SSSR count). The summed E-state index contributed by atoms with van der Waals surface area (Å²) >= 11 is 0. The highest BCUT2D eigenvalue weighted by molar-refractivity contribution is 5.43. The van der Waals surface area contributed by atoms with E-state index in [0.29, 0.717) is 11.1 Å². The summed E-state index contributed by atoms with van der Waals surface area (Å²) in [6.45, 7) is 1.94. The standard InChI is InChI=1S/C14H13F3N2O2/c1-9-6-7-19(13(20)12(9)18)8-10-2-4-11(5-3-10)21-14(15,16)17/h2-7H,8,18H2,1H3. The lowest BCUT2D eigenvalue weighted by atomic mass is 10.2. The Hall–Kier alpha value is -2.44. The van der Waals surface area contributed by atoms with Gasteiger partial charge in [-0.25, -0.2) is 0 Å². The topological polar surface area (TPSA) is 57.2 Å². The second-order valence-electron chi connectivity index (χ2n) is 4.54. The number of nitrogens with two attached hydrogens (primary N) is 1.